The summed E-state index contributed by atoms with van der Waals surface area (Å²) in [7, 11) is 0. The minimum atomic E-state index is -0.526. The second-order valence-corrected chi connectivity index (χ2v) is 6.77. The molecule has 3 amide bonds. The third kappa shape index (κ3) is 7.59. The summed E-state index contributed by atoms with van der Waals surface area (Å²) in [5, 5.41) is 8.32. The predicted octanol–water partition coefficient (Wildman–Crippen LogP) is 2.72. The Balaban J connectivity index is 0.00000338. The summed E-state index contributed by atoms with van der Waals surface area (Å²) in [5.74, 6) is 0.157. The third-order valence-corrected chi connectivity index (χ3v) is 3.99. The van der Waals surface area contributed by atoms with Crippen molar-refractivity contribution in [1.82, 2.24) is 5.32 Å². The van der Waals surface area contributed by atoms with Crippen LogP contribution in [0.2, 0.25) is 0 Å². The molecule has 1 saturated heterocycles. The second-order valence-electron chi connectivity index (χ2n) is 6.77. The van der Waals surface area contributed by atoms with Crippen molar-refractivity contribution in [3.63, 3.8) is 0 Å². The van der Waals surface area contributed by atoms with Crippen LogP contribution in [0.25, 0.3) is 0 Å². The molecule has 26 heavy (non-hydrogen) atoms. The number of amides is 3. The quantitative estimate of drug-likeness (QED) is 0.580. The van der Waals surface area contributed by atoms with Gasteiger partial charge in [0.2, 0.25) is 5.91 Å². The van der Waals surface area contributed by atoms with Gasteiger partial charge in [0.1, 0.15) is 0 Å². The van der Waals surface area contributed by atoms with Crippen LogP contribution in [0.3, 0.4) is 0 Å². The van der Waals surface area contributed by atoms with Gasteiger partial charge in [-0.15, -0.1) is 12.4 Å². The van der Waals surface area contributed by atoms with Crippen molar-refractivity contribution in [2.75, 3.05) is 23.8 Å². The van der Waals surface area contributed by atoms with E-state index < -0.39 is 6.04 Å². The normalized spacial score (nSPS) is 17.3. The van der Waals surface area contributed by atoms with E-state index in [1.807, 2.05) is 13.8 Å². The van der Waals surface area contributed by atoms with Crippen molar-refractivity contribution in [2.45, 2.75) is 45.3 Å². The fraction of sp³-hybridized carbons (Fsp3) is 0.556. The molecule has 1 aliphatic rings. The monoisotopic (exact) mass is 384 g/mol. The third-order valence-electron chi connectivity index (χ3n) is 3.99. The standard InChI is InChI=1S/C18H28N4O3.ClH/c1-12(2)10-16(19)17(23)21-13-5-7-14(8-6-13)22-18(24)20-11-15-4-3-9-25-15;/h5-8,12,15-16H,3-4,9-11,19H2,1-2H3,(H,21,23)(H2,20,22,24);1H/t15?,16-;/m0./s1. The maximum absolute atomic E-state index is 12.0. The highest BCUT2D eigenvalue weighted by Gasteiger charge is 2.16. The first-order valence-electron chi connectivity index (χ1n) is 8.77. The molecule has 0 spiro atoms. The molecule has 0 radical (unpaired) electrons. The van der Waals surface area contributed by atoms with E-state index in [-0.39, 0.29) is 30.4 Å². The molecule has 1 aromatic carbocycles. The van der Waals surface area contributed by atoms with E-state index in [0.29, 0.717) is 30.3 Å². The van der Waals surface area contributed by atoms with Gasteiger partial charge in [0, 0.05) is 24.5 Å². The second kappa shape index (κ2) is 11.0. The summed E-state index contributed by atoms with van der Waals surface area (Å²) in [6.45, 7) is 5.32. The Bertz CT molecular complexity index is 574. The number of rotatable bonds is 7. The molecule has 1 aromatic rings. The van der Waals surface area contributed by atoms with Gasteiger partial charge < -0.3 is 26.4 Å². The first-order valence-corrected chi connectivity index (χ1v) is 8.77. The van der Waals surface area contributed by atoms with Crippen molar-refractivity contribution in [2.24, 2.45) is 11.7 Å². The highest BCUT2D eigenvalue weighted by Crippen LogP contribution is 2.15. The number of anilines is 2. The highest BCUT2D eigenvalue weighted by molar-refractivity contribution is 5.95. The molecule has 1 heterocycles. The summed E-state index contributed by atoms with van der Waals surface area (Å²) < 4.78 is 5.46. The van der Waals surface area contributed by atoms with E-state index in [2.05, 4.69) is 16.0 Å². The van der Waals surface area contributed by atoms with Gasteiger partial charge in [0.25, 0.3) is 0 Å². The largest absolute Gasteiger partial charge is 0.376 e. The van der Waals surface area contributed by atoms with Gasteiger partial charge in [0.15, 0.2) is 0 Å². The van der Waals surface area contributed by atoms with E-state index in [1.54, 1.807) is 24.3 Å². The molecule has 1 fully saturated rings. The number of halogens is 1. The fourth-order valence-corrected chi connectivity index (χ4v) is 2.67. The number of nitrogens with two attached hydrogens (primary N) is 1. The zero-order valence-corrected chi connectivity index (χ0v) is 16.1. The van der Waals surface area contributed by atoms with Crippen molar-refractivity contribution in [3.8, 4) is 0 Å². The first kappa shape index (κ1) is 22.2. The van der Waals surface area contributed by atoms with Gasteiger partial charge in [-0.05, 0) is 49.4 Å². The van der Waals surface area contributed by atoms with Crippen molar-refractivity contribution >= 4 is 35.7 Å². The van der Waals surface area contributed by atoms with Gasteiger partial charge in [0.05, 0.1) is 12.1 Å². The maximum atomic E-state index is 12.0. The average Bonchev–Trinajstić information content (AvgIpc) is 3.07. The van der Waals surface area contributed by atoms with Crippen LogP contribution in [0.15, 0.2) is 24.3 Å². The van der Waals surface area contributed by atoms with Gasteiger partial charge in [-0.25, -0.2) is 4.79 Å². The van der Waals surface area contributed by atoms with Crippen LogP contribution in [-0.4, -0.2) is 37.2 Å². The number of hydrogen-bond donors (Lipinski definition) is 4. The molecule has 0 aliphatic carbocycles. The number of benzene rings is 1. The van der Waals surface area contributed by atoms with Gasteiger partial charge in [-0.3, -0.25) is 4.79 Å². The lowest BCUT2D eigenvalue weighted by atomic mass is 10.0. The lowest BCUT2D eigenvalue weighted by Gasteiger charge is -2.14. The van der Waals surface area contributed by atoms with E-state index in [9.17, 15) is 9.59 Å². The molecule has 0 aromatic heterocycles. The number of ether oxygens (including phenoxy) is 1. The van der Waals surface area contributed by atoms with E-state index in [4.69, 9.17) is 10.5 Å². The lowest BCUT2D eigenvalue weighted by Crippen LogP contribution is -2.36. The maximum Gasteiger partial charge on any atom is 0.319 e. The minimum Gasteiger partial charge on any atom is -0.376 e. The van der Waals surface area contributed by atoms with Crippen LogP contribution in [0.5, 0.6) is 0 Å². The summed E-state index contributed by atoms with van der Waals surface area (Å²) in [6, 6.07) is 6.13. The van der Waals surface area contributed by atoms with Crippen LogP contribution in [0.1, 0.15) is 33.1 Å². The van der Waals surface area contributed by atoms with Gasteiger partial charge in [-0.1, -0.05) is 13.8 Å². The van der Waals surface area contributed by atoms with Crippen LogP contribution in [0.4, 0.5) is 16.2 Å². The predicted molar refractivity (Wildman–Crippen MR) is 106 cm³/mol. The summed E-state index contributed by atoms with van der Waals surface area (Å²) in [4.78, 5) is 23.9. The van der Waals surface area contributed by atoms with Crippen LogP contribution < -0.4 is 21.7 Å². The fourth-order valence-electron chi connectivity index (χ4n) is 2.67. The molecular formula is C18H29ClN4O3. The van der Waals surface area contributed by atoms with Gasteiger partial charge in [-0.2, -0.15) is 0 Å². The molecular weight excluding hydrogens is 356 g/mol. The molecule has 146 valence electrons. The molecule has 5 N–H and O–H groups in total. The summed E-state index contributed by atoms with van der Waals surface area (Å²) in [6.07, 6.45) is 2.77. The molecule has 2 atom stereocenters. The Labute approximate surface area is 160 Å². The number of carbonyl (C=O) groups is 2. The molecule has 8 heteroatoms. The number of urea groups is 1. The Kier molecular flexibility index (Phi) is 9.40. The molecule has 1 unspecified atom stereocenters. The van der Waals surface area contributed by atoms with Crippen molar-refractivity contribution < 1.29 is 14.3 Å². The summed E-state index contributed by atoms with van der Waals surface area (Å²) in [5.41, 5.74) is 7.15. The number of nitrogens with one attached hydrogen (secondary N) is 3. The highest BCUT2D eigenvalue weighted by atomic mass is 35.5. The zero-order valence-electron chi connectivity index (χ0n) is 15.3. The smallest absolute Gasteiger partial charge is 0.319 e. The molecule has 0 saturated carbocycles. The van der Waals surface area contributed by atoms with Crippen LogP contribution in [-0.2, 0) is 9.53 Å². The summed E-state index contributed by atoms with van der Waals surface area (Å²) >= 11 is 0. The van der Waals surface area contributed by atoms with Crippen molar-refractivity contribution in [1.29, 1.82) is 0 Å². The Hall–Kier alpha value is -1.83. The molecule has 0 bridgehead atoms. The zero-order chi connectivity index (χ0) is 18.2. The average molecular weight is 385 g/mol. The Morgan fingerprint density at radius 3 is 2.35 bits per heavy atom. The lowest BCUT2D eigenvalue weighted by molar-refractivity contribution is -0.117. The van der Waals surface area contributed by atoms with Crippen LogP contribution >= 0.6 is 12.4 Å². The number of carbonyl (C=O) groups excluding carboxylic acids is 2. The topological polar surface area (TPSA) is 105 Å². The number of hydrogen-bond acceptors (Lipinski definition) is 4. The van der Waals surface area contributed by atoms with Crippen molar-refractivity contribution in [3.05, 3.63) is 24.3 Å². The SMILES string of the molecule is CC(C)C[C@H](N)C(=O)Nc1ccc(NC(=O)NCC2CCCO2)cc1.Cl. The first-order chi connectivity index (χ1) is 11.9. The molecule has 7 nitrogen and oxygen atoms in total. The van der Waals surface area contributed by atoms with E-state index in [1.165, 1.54) is 0 Å². The Morgan fingerprint density at radius 2 is 1.81 bits per heavy atom. The molecule has 1 aliphatic heterocycles. The van der Waals surface area contributed by atoms with Crippen LogP contribution in [0, 0.1) is 5.92 Å². The Morgan fingerprint density at radius 1 is 1.19 bits per heavy atom. The van der Waals surface area contributed by atoms with Gasteiger partial charge >= 0.3 is 6.03 Å². The van der Waals surface area contributed by atoms with E-state index in [0.717, 1.165) is 19.4 Å². The van der Waals surface area contributed by atoms with E-state index >= 15 is 0 Å². The molecule has 2 rings (SSSR count). The minimum absolute atomic E-state index is 0.